The van der Waals surface area contributed by atoms with E-state index >= 15 is 0 Å². The number of likely N-dealkylation sites (tertiary alicyclic amines) is 1. The molecule has 0 spiro atoms. The molecule has 2 rings (SSSR count). The van der Waals surface area contributed by atoms with Crippen molar-refractivity contribution in [3.05, 3.63) is 35.6 Å². The lowest BCUT2D eigenvalue weighted by molar-refractivity contribution is 0.0944. The molecule has 1 fully saturated rings. The number of hydrogen-bond acceptors (Lipinski definition) is 4. The first kappa shape index (κ1) is 14.5. The standard InChI is InChI=1S/C14H17FN2O3/c1-20-14(19)16-12-5-6-17(8-12)9-13(18)10-3-2-4-11(15)7-10/h2-4,7,12H,5-6,8-9H2,1H3,(H,16,19). The van der Waals surface area contributed by atoms with E-state index in [2.05, 4.69) is 10.1 Å². The maximum Gasteiger partial charge on any atom is 0.407 e. The highest BCUT2D eigenvalue weighted by Crippen LogP contribution is 2.11. The third-order valence-corrected chi connectivity index (χ3v) is 3.29. The Morgan fingerprint density at radius 1 is 1.50 bits per heavy atom. The molecule has 1 atom stereocenters. The first-order valence-electron chi connectivity index (χ1n) is 6.44. The van der Waals surface area contributed by atoms with E-state index in [1.807, 2.05) is 4.90 Å². The van der Waals surface area contributed by atoms with Gasteiger partial charge < -0.3 is 10.1 Å². The molecule has 20 heavy (non-hydrogen) atoms. The van der Waals surface area contributed by atoms with Crippen molar-refractivity contribution < 1.29 is 18.7 Å². The molecule has 1 aromatic rings. The second-order valence-corrected chi connectivity index (χ2v) is 4.79. The predicted octanol–water partition coefficient (Wildman–Crippen LogP) is 1.44. The van der Waals surface area contributed by atoms with Gasteiger partial charge in [0.05, 0.1) is 13.7 Å². The molecule has 1 aromatic carbocycles. The molecule has 0 saturated carbocycles. The van der Waals surface area contributed by atoms with Gasteiger partial charge in [-0.1, -0.05) is 12.1 Å². The number of amides is 1. The average Bonchev–Trinajstić information content (AvgIpc) is 2.85. The Morgan fingerprint density at radius 2 is 2.30 bits per heavy atom. The molecule has 1 saturated heterocycles. The largest absolute Gasteiger partial charge is 0.453 e. The van der Waals surface area contributed by atoms with E-state index in [1.54, 1.807) is 6.07 Å². The summed E-state index contributed by atoms with van der Waals surface area (Å²) in [5.74, 6) is -0.536. The summed E-state index contributed by atoms with van der Waals surface area (Å²) in [5, 5.41) is 2.71. The SMILES string of the molecule is COC(=O)NC1CCN(CC(=O)c2cccc(F)c2)C1. The second kappa shape index (κ2) is 6.47. The summed E-state index contributed by atoms with van der Waals surface area (Å²) < 4.78 is 17.6. The van der Waals surface area contributed by atoms with Crippen molar-refractivity contribution in [1.82, 2.24) is 10.2 Å². The van der Waals surface area contributed by atoms with E-state index in [0.717, 1.165) is 13.0 Å². The van der Waals surface area contributed by atoms with Crippen LogP contribution in [0.1, 0.15) is 16.8 Å². The summed E-state index contributed by atoms with van der Waals surface area (Å²) in [6.07, 6.45) is 0.305. The fourth-order valence-corrected chi connectivity index (χ4v) is 2.28. The van der Waals surface area contributed by atoms with Crippen LogP contribution < -0.4 is 5.32 Å². The van der Waals surface area contributed by atoms with E-state index in [9.17, 15) is 14.0 Å². The molecule has 108 valence electrons. The zero-order valence-electron chi connectivity index (χ0n) is 11.3. The number of carbonyl (C=O) groups is 2. The molecule has 1 unspecified atom stereocenters. The van der Waals surface area contributed by atoms with E-state index in [4.69, 9.17) is 0 Å². The Kier molecular flexibility index (Phi) is 4.68. The van der Waals surface area contributed by atoms with Gasteiger partial charge in [-0.05, 0) is 18.6 Å². The van der Waals surface area contributed by atoms with Crippen molar-refractivity contribution in [1.29, 1.82) is 0 Å². The maximum absolute atomic E-state index is 13.1. The molecule has 1 heterocycles. The molecule has 1 aliphatic rings. The van der Waals surface area contributed by atoms with E-state index in [-0.39, 0.29) is 18.4 Å². The first-order valence-corrected chi connectivity index (χ1v) is 6.44. The van der Waals surface area contributed by atoms with Crippen LogP contribution in [-0.4, -0.2) is 49.6 Å². The summed E-state index contributed by atoms with van der Waals surface area (Å²) in [5.41, 5.74) is 0.370. The number of rotatable bonds is 4. The maximum atomic E-state index is 13.1. The van der Waals surface area contributed by atoms with Crippen molar-refractivity contribution in [2.75, 3.05) is 26.7 Å². The van der Waals surface area contributed by atoms with Crippen LogP contribution >= 0.6 is 0 Å². The number of nitrogens with zero attached hydrogens (tertiary/aromatic N) is 1. The zero-order chi connectivity index (χ0) is 14.5. The highest BCUT2D eigenvalue weighted by atomic mass is 19.1. The van der Waals surface area contributed by atoms with Crippen molar-refractivity contribution >= 4 is 11.9 Å². The van der Waals surface area contributed by atoms with Crippen LogP contribution in [0.15, 0.2) is 24.3 Å². The van der Waals surface area contributed by atoms with Crippen molar-refractivity contribution in [3.8, 4) is 0 Å². The summed E-state index contributed by atoms with van der Waals surface area (Å²) in [7, 11) is 1.32. The van der Waals surface area contributed by atoms with Crippen LogP contribution in [0.4, 0.5) is 9.18 Å². The van der Waals surface area contributed by atoms with Crippen LogP contribution in [0, 0.1) is 5.82 Å². The van der Waals surface area contributed by atoms with Gasteiger partial charge in [-0.3, -0.25) is 9.69 Å². The van der Waals surface area contributed by atoms with Gasteiger partial charge in [0.25, 0.3) is 0 Å². The quantitative estimate of drug-likeness (QED) is 0.848. The first-order chi connectivity index (χ1) is 9.58. The fourth-order valence-electron chi connectivity index (χ4n) is 2.28. The number of benzene rings is 1. The van der Waals surface area contributed by atoms with E-state index < -0.39 is 11.9 Å². The highest BCUT2D eigenvalue weighted by molar-refractivity contribution is 5.97. The summed E-state index contributed by atoms with van der Waals surface area (Å²) in [6.45, 7) is 1.54. The smallest absolute Gasteiger partial charge is 0.407 e. The van der Waals surface area contributed by atoms with Crippen LogP contribution in [0.3, 0.4) is 0 Å². The molecule has 6 heteroatoms. The Morgan fingerprint density at radius 3 is 3.00 bits per heavy atom. The molecule has 1 N–H and O–H groups in total. The number of alkyl carbamates (subject to hydrolysis) is 1. The van der Waals surface area contributed by atoms with Gasteiger partial charge in [0, 0.05) is 24.7 Å². The Balaban J connectivity index is 1.86. The number of hydrogen-bond donors (Lipinski definition) is 1. The number of halogens is 1. The Bertz CT molecular complexity index is 507. The normalized spacial score (nSPS) is 18.8. The van der Waals surface area contributed by atoms with Gasteiger partial charge in [0.15, 0.2) is 5.78 Å². The lowest BCUT2D eigenvalue weighted by Gasteiger charge is -2.15. The Hall–Kier alpha value is -1.95. The fraction of sp³-hybridized carbons (Fsp3) is 0.429. The number of ketones is 1. The number of methoxy groups -OCH3 is 1. The third kappa shape index (κ3) is 3.77. The lowest BCUT2D eigenvalue weighted by Crippen LogP contribution is -2.38. The molecule has 0 aliphatic carbocycles. The molecule has 5 nitrogen and oxygen atoms in total. The van der Waals surface area contributed by atoms with Crippen LogP contribution in [0.5, 0.6) is 0 Å². The minimum atomic E-state index is -0.465. The highest BCUT2D eigenvalue weighted by Gasteiger charge is 2.25. The topological polar surface area (TPSA) is 58.6 Å². The van der Waals surface area contributed by atoms with Gasteiger partial charge in [-0.15, -0.1) is 0 Å². The van der Waals surface area contributed by atoms with Crippen molar-refractivity contribution in [3.63, 3.8) is 0 Å². The van der Waals surface area contributed by atoms with Gasteiger partial charge >= 0.3 is 6.09 Å². The number of Topliss-reactive ketones (excluding diaryl/α,β-unsaturated/α-hetero) is 1. The lowest BCUT2D eigenvalue weighted by atomic mass is 10.1. The number of carbonyl (C=O) groups excluding carboxylic acids is 2. The molecule has 1 aliphatic heterocycles. The average molecular weight is 280 g/mol. The zero-order valence-corrected chi connectivity index (χ0v) is 11.3. The molecule has 0 radical (unpaired) electrons. The second-order valence-electron chi connectivity index (χ2n) is 4.79. The summed E-state index contributed by atoms with van der Waals surface area (Å²) in [4.78, 5) is 25.1. The van der Waals surface area contributed by atoms with Gasteiger partial charge in [-0.2, -0.15) is 0 Å². The molecule has 1 amide bonds. The van der Waals surface area contributed by atoms with Crippen molar-refractivity contribution in [2.24, 2.45) is 0 Å². The third-order valence-electron chi connectivity index (χ3n) is 3.29. The number of ether oxygens (including phenoxy) is 1. The van der Waals surface area contributed by atoms with Crippen LogP contribution in [-0.2, 0) is 4.74 Å². The van der Waals surface area contributed by atoms with Crippen LogP contribution in [0.2, 0.25) is 0 Å². The molecule has 0 aromatic heterocycles. The van der Waals surface area contributed by atoms with E-state index in [0.29, 0.717) is 12.1 Å². The summed E-state index contributed by atoms with van der Waals surface area (Å²) in [6, 6.07) is 5.66. The Labute approximate surface area is 116 Å². The molecular weight excluding hydrogens is 263 g/mol. The number of nitrogens with one attached hydrogen (secondary N) is 1. The van der Waals surface area contributed by atoms with Gasteiger partial charge in [0.1, 0.15) is 5.82 Å². The minimum Gasteiger partial charge on any atom is -0.453 e. The van der Waals surface area contributed by atoms with Crippen LogP contribution in [0.25, 0.3) is 0 Å². The van der Waals surface area contributed by atoms with Gasteiger partial charge in [-0.25, -0.2) is 9.18 Å². The monoisotopic (exact) mass is 280 g/mol. The molecule has 0 bridgehead atoms. The van der Waals surface area contributed by atoms with E-state index in [1.165, 1.54) is 25.3 Å². The molecular formula is C14H17FN2O3. The van der Waals surface area contributed by atoms with Crippen molar-refractivity contribution in [2.45, 2.75) is 12.5 Å². The predicted molar refractivity (Wildman–Crippen MR) is 71.1 cm³/mol. The minimum absolute atomic E-state index is 0.0113. The van der Waals surface area contributed by atoms with Gasteiger partial charge in [0.2, 0.25) is 0 Å². The summed E-state index contributed by atoms with van der Waals surface area (Å²) >= 11 is 0.